The van der Waals surface area contributed by atoms with Crippen molar-refractivity contribution in [1.82, 2.24) is 12.3 Å². The largest absolute Gasteiger partial charge is 0.481 e. The molecule has 0 saturated heterocycles. The molecule has 0 aliphatic carbocycles. The first-order chi connectivity index (χ1) is 5.20. The zero-order valence-corrected chi connectivity index (χ0v) is 8.48. The fourth-order valence-corrected chi connectivity index (χ4v) is 0. The molecule has 8 heteroatoms. The first kappa shape index (κ1) is 29.5. The molecule has 0 radical (unpaired) electrons. The molecule has 8 nitrogen and oxygen atoms in total. The number of hydrogen-bond donors (Lipinski definition) is 5. The van der Waals surface area contributed by atoms with Crippen LogP contribution in [0.5, 0.6) is 0 Å². The first-order valence-corrected chi connectivity index (χ1v) is 2.78. The van der Waals surface area contributed by atoms with Crippen molar-refractivity contribution in [3.63, 3.8) is 0 Å². The fraction of sp³-hybridized carbons (Fsp3) is 0.500. The van der Waals surface area contributed by atoms with Gasteiger partial charge in [0.2, 0.25) is 0 Å². The van der Waals surface area contributed by atoms with E-state index >= 15 is 0 Å². The lowest BCUT2D eigenvalue weighted by atomic mass is 10.9. The SMILES string of the molecule is CC(=O)O.CC(=O)O.CC(=O)O.N.N. The molecule has 0 aromatic rings. The van der Waals surface area contributed by atoms with E-state index < -0.39 is 17.9 Å². The molecule has 14 heavy (non-hydrogen) atoms. The van der Waals surface area contributed by atoms with E-state index in [1.807, 2.05) is 0 Å². The lowest BCUT2D eigenvalue weighted by Gasteiger charge is -1.59. The molecule has 0 atom stereocenters. The third-order valence-corrected chi connectivity index (χ3v) is 0. The minimum atomic E-state index is -0.833. The zero-order valence-electron chi connectivity index (χ0n) is 8.48. The first-order valence-electron chi connectivity index (χ1n) is 2.78. The highest BCUT2D eigenvalue weighted by Crippen LogP contribution is 1.42. The van der Waals surface area contributed by atoms with Crippen LogP contribution in [0.15, 0.2) is 0 Å². The van der Waals surface area contributed by atoms with E-state index in [2.05, 4.69) is 0 Å². The molecule has 0 aliphatic heterocycles. The maximum atomic E-state index is 9.00. The van der Waals surface area contributed by atoms with E-state index in [9.17, 15) is 0 Å². The molecule has 0 unspecified atom stereocenters. The van der Waals surface area contributed by atoms with Crippen LogP contribution < -0.4 is 12.3 Å². The Bertz CT molecular complexity index is 118. The van der Waals surface area contributed by atoms with Crippen molar-refractivity contribution in [2.75, 3.05) is 0 Å². The van der Waals surface area contributed by atoms with E-state index in [-0.39, 0.29) is 12.3 Å². The number of hydrogen-bond acceptors (Lipinski definition) is 5. The molecular weight excluding hydrogens is 196 g/mol. The highest BCUT2D eigenvalue weighted by Gasteiger charge is 1.66. The van der Waals surface area contributed by atoms with Crippen LogP contribution in [0, 0.1) is 0 Å². The van der Waals surface area contributed by atoms with Crippen molar-refractivity contribution in [3.8, 4) is 0 Å². The van der Waals surface area contributed by atoms with Crippen molar-refractivity contribution < 1.29 is 29.7 Å². The average molecular weight is 214 g/mol. The van der Waals surface area contributed by atoms with Crippen LogP contribution in [0.2, 0.25) is 0 Å². The molecule has 0 heterocycles. The number of aliphatic carboxylic acids is 3. The van der Waals surface area contributed by atoms with E-state index in [4.69, 9.17) is 29.7 Å². The molecule has 88 valence electrons. The molecule has 9 N–H and O–H groups in total. The minimum Gasteiger partial charge on any atom is -0.481 e. The Morgan fingerprint density at radius 3 is 0.643 bits per heavy atom. The molecule has 0 spiro atoms. The maximum absolute atomic E-state index is 9.00. The van der Waals surface area contributed by atoms with Gasteiger partial charge in [0.15, 0.2) is 0 Å². The van der Waals surface area contributed by atoms with Crippen LogP contribution in [-0.2, 0) is 14.4 Å². The lowest BCUT2D eigenvalue weighted by molar-refractivity contribution is -0.135. The third kappa shape index (κ3) is 322. The second-order valence-corrected chi connectivity index (χ2v) is 1.56. The van der Waals surface area contributed by atoms with Crippen molar-refractivity contribution in [1.29, 1.82) is 0 Å². The molecule has 0 fully saturated rings. The summed E-state index contributed by atoms with van der Waals surface area (Å²) >= 11 is 0. The Morgan fingerprint density at radius 1 is 0.643 bits per heavy atom. The van der Waals surface area contributed by atoms with Crippen LogP contribution in [0.4, 0.5) is 0 Å². The Hall–Kier alpha value is -1.67. The predicted molar refractivity (Wildman–Crippen MR) is 50.0 cm³/mol. The fourth-order valence-electron chi connectivity index (χ4n) is 0. The molecule has 0 aromatic carbocycles. The highest BCUT2D eigenvalue weighted by molar-refractivity contribution is 5.63. The standard InChI is InChI=1S/3C2H4O2.2H3N/c3*1-2(3)4;;/h3*1H3,(H,3,4);2*1H3. The van der Waals surface area contributed by atoms with Crippen molar-refractivity contribution >= 4 is 17.9 Å². The Labute approximate surface area is 81.7 Å². The Morgan fingerprint density at radius 2 is 0.643 bits per heavy atom. The van der Waals surface area contributed by atoms with Crippen molar-refractivity contribution in [2.45, 2.75) is 20.8 Å². The summed E-state index contributed by atoms with van der Waals surface area (Å²) in [4.78, 5) is 27.0. The Kier molecular flexibility index (Phi) is 47.3. The smallest absolute Gasteiger partial charge is 0.300 e. The van der Waals surface area contributed by atoms with Gasteiger partial charge in [0, 0.05) is 20.8 Å². The van der Waals surface area contributed by atoms with Gasteiger partial charge in [-0.15, -0.1) is 0 Å². The summed E-state index contributed by atoms with van der Waals surface area (Å²) in [5, 5.41) is 22.2. The molecular formula is C6H18N2O6. The van der Waals surface area contributed by atoms with Crippen molar-refractivity contribution in [3.05, 3.63) is 0 Å². The van der Waals surface area contributed by atoms with E-state index in [1.165, 1.54) is 0 Å². The molecule has 0 aliphatic rings. The maximum Gasteiger partial charge on any atom is 0.300 e. The summed E-state index contributed by atoms with van der Waals surface area (Å²) in [5.41, 5.74) is 0. The summed E-state index contributed by atoms with van der Waals surface area (Å²) in [6.45, 7) is 3.25. The van der Waals surface area contributed by atoms with Gasteiger partial charge in [0.05, 0.1) is 0 Å². The monoisotopic (exact) mass is 214 g/mol. The van der Waals surface area contributed by atoms with Gasteiger partial charge in [-0.2, -0.15) is 0 Å². The Balaban J connectivity index is -0.0000000270. The summed E-state index contributed by atoms with van der Waals surface area (Å²) in [7, 11) is 0. The van der Waals surface area contributed by atoms with Crippen LogP contribution in [0.1, 0.15) is 20.8 Å². The molecule has 0 aromatic heterocycles. The van der Waals surface area contributed by atoms with Gasteiger partial charge >= 0.3 is 0 Å². The highest BCUT2D eigenvalue weighted by atomic mass is 16.4. The molecule has 0 saturated carbocycles. The van der Waals surface area contributed by atoms with Gasteiger partial charge in [0.1, 0.15) is 0 Å². The predicted octanol–water partition coefficient (Wildman–Crippen LogP) is 0.597. The van der Waals surface area contributed by atoms with Gasteiger partial charge in [-0.05, 0) is 0 Å². The zero-order chi connectivity index (χ0) is 10.7. The summed E-state index contributed by atoms with van der Waals surface area (Å²) in [5.74, 6) is -2.50. The quantitative estimate of drug-likeness (QED) is 0.388. The molecule has 0 rings (SSSR count). The topological polar surface area (TPSA) is 182 Å². The number of carboxylic acid groups (broad SMARTS) is 3. The summed E-state index contributed by atoms with van der Waals surface area (Å²) < 4.78 is 0. The van der Waals surface area contributed by atoms with E-state index in [0.717, 1.165) is 20.8 Å². The van der Waals surface area contributed by atoms with Crippen LogP contribution in [-0.4, -0.2) is 33.2 Å². The number of carboxylic acids is 3. The van der Waals surface area contributed by atoms with Gasteiger partial charge in [0.25, 0.3) is 17.9 Å². The lowest BCUT2D eigenvalue weighted by Crippen LogP contribution is -1.78. The van der Waals surface area contributed by atoms with E-state index in [1.54, 1.807) is 0 Å². The second-order valence-electron chi connectivity index (χ2n) is 1.56. The van der Waals surface area contributed by atoms with Gasteiger partial charge in [-0.3, -0.25) is 14.4 Å². The van der Waals surface area contributed by atoms with Crippen molar-refractivity contribution in [2.24, 2.45) is 0 Å². The average Bonchev–Trinajstić information content (AvgIpc) is 1.54. The minimum absolute atomic E-state index is 0. The molecule has 0 amide bonds. The van der Waals surface area contributed by atoms with Crippen LogP contribution in [0.3, 0.4) is 0 Å². The van der Waals surface area contributed by atoms with Crippen LogP contribution in [0.25, 0.3) is 0 Å². The van der Waals surface area contributed by atoms with Crippen LogP contribution >= 0.6 is 0 Å². The van der Waals surface area contributed by atoms with E-state index in [0.29, 0.717) is 0 Å². The number of carbonyl (C=O) groups is 3. The van der Waals surface area contributed by atoms with Gasteiger partial charge in [-0.25, -0.2) is 0 Å². The normalized spacial score (nSPS) is 5.36. The second kappa shape index (κ2) is 22.5. The summed E-state index contributed by atoms with van der Waals surface area (Å²) in [6.07, 6.45) is 0. The number of rotatable bonds is 0. The van der Waals surface area contributed by atoms with Gasteiger partial charge in [-0.1, -0.05) is 0 Å². The third-order valence-electron chi connectivity index (χ3n) is 0. The molecule has 0 bridgehead atoms. The van der Waals surface area contributed by atoms with Gasteiger partial charge < -0.3 is 27.6 Å². The summed E-state index contributed by atoms with van der Waals surface area (Å²) in [6, 6.07) is 0.